The molecule has 1 atom stereocenters. The van der Waals surface area contributed by atoms with Gasteiger partial charge >= 0.3 is 0 Å². The van der Waals surface area contributed by atoms with Gasteiger partial charge in [0.2, 0.25) is 5.91 Å². The fraction of sp³-hybridized carbons (Fsp3) is 0.278. The van der Waals surface area contributed by atoms with Gasteiger partial charge in [0.15, 0.2) is 0 Å². The van der Waals surface area contributed by atoms with E-state index < -0.39 is 10.0 Å². The molecule has 6 heteroatoms. The number of rotatable bonds is 3. The number of nitrogens with zero attached hydrogens (tertiary/aromatic N) is 1. The number of carbonyl (C=O) groups excluding carboxylic acids is 1. The summed E-state index contributed by atoms with van der Waals surface area (Å²) in [4.78, 5) is 14.5. The molecule has 4 rings (SSSR count). The fourth-order valence-corrected chi connectivity index (χ4v) is 4.63. The number of anilines is 2. The van der Waals surface area contributed by atoms with Crippen LogP contribution in [0.15, 0.2) is 47.4 Å². The van der Waals surface area contributed by atoms with Crippen molar-refractivity contribution in [3.63, 3.8) is 0 Å². The normalized spacial score (nSPS) is 19.3. The van der Waals surface area contributed by atoms with Crippen LogP contribution in [0.2, 0.25) is 0 Å². The van der Waals surface area contributed by atoms with Crippen molar-refractivity contribution in [1.82, 2.24) is 0 Å². The van der Waals surface area contributed by atoms with Gasteiger partial charge in [-0.1, -0.05) is 18.2 Å². The molecule has 0 spiro atoms. The second-order valence-electron chi connectivity index (χ2n) is 6.31. The van der Waals surface area contributed by atoms with E-state index in [9.17, 15) is 13.2 Å². The van der Waals surface area contributed by atoms with Crippen LogP contribution in [0.5, 0.6) is 0 Å². The molecule has 0 saturated carbocycles. The molecule has 1 N–H and O–H groups in total. The summed E-state index contributed by atoms with van der Waals surface area (Å²) in [5, 5.41) is 0. The molecular weight excluding hydrogens is 324 g/mol. The van der Waals surface area contributed by atoms with Gasteiger partial charge in [-0.2, -0.15) is 0 Å². The van der Waals surface area contributed by atoms with Crippen molar-refractivity contribution in [2.45, 2.75) is 30.6 Å². The predicted octanol–water partition coefficient (Wildman–Crippen LogP) is 2.88. The van der Waals surface area contributed by atoms with Gasteiger partial charge < -0.3 is 4.90 Å². The van der Waals surface area contributed by atoms with E-state index in [-0.39, 0.29) is 16.7 Å². The first kappa shape index (κ1) is 15.2. The van der Waals surface area contributed by atoms with Crippen molar-refractivity contribution in [3.8, 4) is 0 Å². The number of benzene rings is 2. The van der Waals surface area contributed by atoms with E-state index in [0.717, 1.165) is 36.2 Å². The van der Waals surface area contributed by atoms with Crippen LogP contribution in [0.1, 0.15) is 30.4 Å². The van der Waals surface area contributed by atoms with Crippen LogP contribution < -0.4 is 9.62 Å². The van der Waals surface area contributed by atoms with Crippen molar-refractivity contribution in [3.05, 3.63) is 53.6 Å². The number of hydrogen-bond acceptors (Lipinski definition) is 3. The predicted molar refractivity (Wildman–Crippen MR) is 92.8 cm³/mol. The Hall–Kier alpha value is -2.34. The van der Waals surface area contributed by atoms with Crippen molar-refractivity contribution < 1.29 is 13.2 Å². The summed E-state index contributed by atoms with van der Waals surface area (Å²) in [5.41, 5.74) is 3.47. The summed E-state index contributed by atoms with van der Waals surface area (Å²) in [5.74, 6) is -0.118. The van der Waals surface area contributed by atoms with Gasteiger partial charge in [-0.3, -0.25) is 9.52 Å². The van der Waals surface area contributed by atoms with Crippen LogP contribution in [0, 0.1) is 0 Å². The zero-order valence-corrected chi connectivity index (χ0v) is 14.1. The standard InChI is InChI=1S/C18H18N2O3S/c1-12-16-11-14(19-24(22,23)15-7-3-2-4-8-15)10-13-6-5-9-20(17(13)16)18(12)21/h2-4,7-8,10-12,19H,5-6,9H2,1H3/t12-/m0/s1. The maximum atomic E-state index is 12.5. The number of amides is 1. The molecule has 0 unspecified atom stereocenters. The van der Waals surface area contributed by atoms with E-state index in [2.05, 4.69) is 4.72 Å². The minimum absolute atomic E-state index is 0.106. The van der Waals surface area contributed by atoms with Gasteiger partial charge in [0, 0.05) is 12.2 Å². The van der Waals surface area contributed by atoms with Crippen LogP contribution >= 0.6 is 0 Å². The third-order valence-corrected chi connectivity index (χ3v) is 6.12. The SMILES string of the molecule is C[C@@H]1C(=O)N2CCCc3cc(NS(=O)(=O)c4ccccc4)cc1c32. The first-order valence-electron chi connectivity index (χ1n) is 8.03. The monoisotopic (exact) mass is 342 g/mol. The molecule has 5 nitrogen and oxygen atoms in total. The Kier molecular flexibility index (Phi) is 3.38. The third-order valence-electron chi connectivity index (χ3n) is 4.72. The highest BCUT2D eigenvalue weighted by Crippen LogP contribution is 2.44. The highest BCUT2D eigenvalue weighted by atomic mass is 32.2. The minimum Gasteiger partial charge on any atom is -0.311 e. The summed E-state index contributed by atoms with van der Waals surface area (Å²) in [6.45, 7) is 2.63. The first-order valence-corrected chi connectivity index (χ1v) is 9.52. The molecule has 124 valence electrons. The molecule has 0 aliphatic carbocycles. The Morgan fingerprint density at radius 2 is 1.92 bits per heavy atom. The third kappa shape index (κ3) is 2.29. The number of aryl methyl sites for hydroxylation is 1. The Labute approximate surface area is 141 Å². The summed E-state index contributed by atoms with van der Waals surface area (Å²) in [7, 11) is -3.63. The van der Waals surface area contributed by atoms with Crippen LogP contribution in [0.25, 0.3) is 0 Å². The molecule has 0 bridgehead atoms. The summed E-state index contributed by atoms with van der Waals surface area (Å²) in [6, 6.07) is 11.9. The quantitative estimate of drug-likeness (QED) is 0.933. The van der Waals surface area contributed by atoms with E-state index in [1.54, 1.807) is 36.4 Å². The number of sulfonamides is 1. The Bertz CT molecular complexity index is 923. The van der Waals surface area contributed by atoms with Gasteiger partial charge in [-0.25, -0.2) is 8.42 Å². The largest absolute Gasteiger partial charge is 0.311 e. The van der Waals surface area contributed by atoms with Gasteiger partial charge in [-0.15, -0.1) is 0 Å². The van der Waals surface area contributed by atoms with Crippen molar-refractivity contribution in [1.29, 1.82) is 0 Å². The molecule has 24 heavy (non-hydrogen) atoms. The van der Waals surface area contributed by atoms with E-state index in [4.69, 9.17) is 0 Å². The summed E-state index contributed by atoms with van der Waals surface area (Å²) in [6.07, 6.45) is 1.76. The topological polar surface area (TPSA) is 66.5 Å². The second kappa shape index (κ2) is 5.34. The Balaban J connectivity index is 1.76. The summed E-state index contributed by atoms with van der Waals surface area (Å²) < 4.78 is 27.7. The highest BCUT2D eigenvalue weighted by Gasteiger charge is 2.38. The number of nitrogens with one attached hydrogen (secondary N) is 1. The average molecular weight is 342 g/mol. The van der Waals surface area contributed by atoms with E-state index >= 15 is 0 Å². The van der Waals surface area contributed by atoms with E-state index in [1.165, 1.54) is 0 Å². The van der Waals surface area contributed by atoms with Gasteiger partial charge in [0.05, 0.1) is 16.5 Å². The first-order chi connectivity index (χ1) is 11.5. The maximum Gasteiger partial charge on any atom is 0.261 e. The number of hydrogen-bond donors (Lipinski definition) is 1. The van der Waals surface area contributed by atoms with E-state index in [0.29, 0.717) is 5.69 Å². The lowest BCUT2D eigenvalue weighted by Gasteiger charge is -2.26. The van der Waals surface area contributed by atoms with Crippen molar-refractivity contribution in [2.24, 2.45) is 0 Å². The molecule has 2 aromatic rings. The minimum atomic E-state index is -3.63. The van der Waals surface area contributed by atoms with E-state index in [1.807, 2.05) is 17.9 Å². The second-order valence-corrected chi connectivity index (χ2v) is 7.99. The van der Waals surface area contributed by atoms with Gasteiger partial charge in [0.25, 0.3) is 10.0 Å². The lowest BCUT2D eigenvalue weighted by Crippen LogP contribution is -2.32. The van der Waals surface area contributed by atoms with Gasteiger partial charge in [0.1, 0.15) is 0 Å². The zero-order valence-electron chi connectivity index (χ0n) is 13.3. The molecule has 2 heterocycles. The van der Waals surface area contributed by atoms with Crippen LogP contribution in [-0.4, -0.2) is 20.9 Å². The fourth-order valence-electron chi connectivity index (χ4n) is 3.57. The van der Waals surface area contributed by atoms with Crippen molar-refractivity contribution >= 4 is 27.3 Å². The molecule has 0 aromatic heterocycles. The smallest absolute Gasteiger partial charge is 0.261 e. The van der Waals surface area contributed by atoms with Gasteiger partial charge in [-0.05, 0) is 55.2 Å². The molecule has 2 aliphatic heterocycles. The summed E-state index contributed by atoms with van der Waals surface area (Å²) >= 11 is 0. The molecule has 2 aliphatic rings. The van der Waals surface area contributed by atoms with Crippen LogP contribution in [0.3, 0.4) is 0 Å². The Morgan fingerprint density at radius 1 is 1.17 bits per heavy atom. The lowest BCUT2D eigenvalue weighted by atomic mass is 9.96. The molecule has 0 fully saturated rings. The lowest BCUT2D eigenvalue weighted by molar-refractivity contribution is -0.119. The molecule has 1 amide bonds. The molecule has 0 saturated heterocycles. The highest BCUT2D eigenvalue weighted by molar-refractivity contribution is 7.92. The molecular formula is C18H18N2O3S. The number of carbonyl (C=O) groups is 1. The molecule has 2 aromatic carbocycles. The molecule has 0 radical (unpaired) electrons. The zero-order chi connectivity index (χ0) is 16.9. The average Bonchev–Trinajstić information content (AvgIpc) is 2.82. The van der Waals surface area contributed by atoms with Crippen LogP contribution in [0.4, 0.5) is 11.4 Å². The van der Waals surface area contributed by atoms with Crippen LogP contribution in [-0.2, 0) is 21.2 Å². The van der Waals surface area contributed by atoms with Crippen molar-refractivity contribution in [2.75, 3.05) is 16.2 Å². The maximum absolute atomic E-state index is 12.5. The Morgan fingerprint density at radius 3 is 2.67 bits per heavy atom.